The van der Waals surface area contributed by atoms with Gasteiger partial charge in [0.2, 0.25) is 0 Å². The van der Waals surface area contributed by atoms with E-state index in [2.05, 4.69) is 122 Å². The predicted octanol–water partition coefficient (Wildman–Crippen LogP) is 8.24. The number of hydrogen-bond donors (Lipinski definition) is 0. The van der Waals surface area contributed by atoms with Gasteiger partial charge in [-0.05, 0) is 60.9 Å². The minimum atomic E-state index is 0.688. The van der Waals surface area contributed by atoms with Crippen LogP contribution in [0.15, 0.2) is 103 Å². The van der Waals surface area contributed by atoms with Gasteiger partial charge < -0.3 is 9.64 Å². The Bertz CT molecular complexity index is 1840. The fraction of sp³-hybridized carbons (Fsp3) is 0.167. The van der Waals surface area contributed by atoms with E-state index in [4.69, 9.17) is 14.7 Å². The third-order valence-electron chi connectivity index (χ3n) is 7.80. The maximum absolute atomic E-state index is 5.75. The van der Waals surface area contributed by atoms with Crippen LogP contribution in [0.4, 0.5) is 5.82 Å². The molecule has 1 aliphatic heterocycles. The fourth-order valence-electron chi connectivity index (χ4n) is 5.84. The number of morpholine rings is 1. The fourth-order valence-corrected chi connectivity index (χ4v) is 5.84. The van der Waals surface area contributed by atoms with Crippen molar-refractivity contribution in [3.05, 3.63) is 114 Å². The average molecular weight is 522 g/mol. The van der Waals surface area contributed by atoms with Gasteiger partial charge in [-0.1, -0.05) is 83.9 Å². The van der Waals surface area contributed by atoms with Gasteiger partial charge in [0, 0.05) is 29.4 Å². The molecule has 1 fully saturated rings. The molecule has 196 valence electrons. The molecule has 0 saturated carbocycles. The van der Waals surface area contributed by atoms with Gasteiger partial charge in [0.05, 0.1) is 35.5 Å². The molecule has 4 aromatic carbocycles. The van der Waals surface area contributed by atoms with Crippen LogP contribution in [0.3, 0.4) is 0 Å². The van der Waals surface area contributed by atoms with Crippen molar-refractivity contribution in [2.24, 2.45) is 0 Å². The van der Waals surface area contributed by atoms with Crippen molar-refractivity contribution >= 4 is 27.6 Å². The number of aryl methyl sites for hydroxylation is 2. The lowest BCUT2D eigenvalue weighted by Gasteiger charge is -2.31. The monoisotopic (exact) mass is 521 g/mol. The number of nitrogens with zero attached hydrogens (tertiary/aromatic N) is 3. The van der Waals surface area contributed by atoms with Crippen LogP contribution < -0.4 is 4.90 Å². The second-order valence-electron chi connectivity index (χ2n) is 10.6. The van der Waals surface area contributed by atoms with E-state index in [0.717, 1.165) is 57.5 Å². The lowest BCUT2D eigenvalue weighted by molar-refractivity contribution is 0.122. The Hall–Kier alpha value is -4.54. The van der Waals surface area contributed by atoms with E-state index in [-0.39, 0.29) is 0 Å². The highest BCUT2D eigenvalue weighted by molar-refractivity contribution is 6.08. The summed E-state index contributed by atoms with van der Waals surface area (Å²) in [6, 6.07) is 36.7. The SMILES string of the molecule is Cc1ccc2nc(-c3c(N4CCOCC4)nc4ccc(C)cc4c3-c3ccccc3)cc(-c3ccccc3)c2c1. The van der Waals surface area contributed by atoms with Crippen LogP contribution in [0.2, 0.25) is 0 Å². The third kappa shape index (κ3) is 4.41. The van der Waals surface area contributed by atoms with Crippen molar-refractivity contribution in [1.29, 1.82) is 0 Å². The lowest BCUT2D eigenvalue weighted by atomic mass is 9.90. The molecule has 1 aliphatic rings. The maximum atomic E-state index is 5.75. The van der Waals surface area contributed by atoms with E-state index in [9.17, 15) is 0 Å². The summed E-state index contributed by atoms with van der Waals surface area (Å²) in [6.07, 6.45) is 0. The van der Waals surface area contributed by atoms with E-state index < -0.39 is 0 Å². The summed E-state index contributed by atoms with van der Waals surface area (Å²) < 4.78 is 5.75. The smallest absolute Gasteiger partial charge is 0.139 e. The van der Waals surface area contributed by atoms with Crippen molar-refractivity contribution in [2.75, 3.05) is 31.2 Å². The predicted molar refractivity (Wildman–Crippen MR) is 166 cm³/mol. The minimum absolute atomic E-state index is 0.688. The molecule has 4 heteroatoms. The number of benzene rings is 4. The zero-order valence-corrected chi connectivity index (χ0v) is 22.9. The van der Waals surface area contributed by atoms with Crippen LogP contribution in [0.25, 0.3) is 55.3 Å². The van der Waals surface area contributed by atoms with Crippen LogP contribution in [-0.4, -0.2) is 36.3 Å². The highest BCUT2D eigenvalue weighted by atomic mass is 16.5. The second-order valence-corrected chi connectivity index (χ2v) is 10.6. The quantitative estimate of drug-likeness (QED) is 0.234. The van der Waals surface area contributed by atoms with Crippen LogP contribution in [0.5, 0.6) is 0 Å². The zero-order valence-electron chi connectivity index (χ0n) is 22.9. The molecule has 4 nitrogen and oxygen atoms in total. The van der Waals surface area contributed by atoms with Gasteiger partial charge in [-0.25, -0.2) is 9.97 Å². The summed E-state index contributed by atoms with van der Waals surface area (Å²) in [5.41, 5.74) is 11.1. The number of anilines is 1. The van der Waals surface area contributed by atoms with E-state index in [1.165, 1.54) is 27.8 Å². The number of aromatic nitrogens is 2. The van der Waals surface area contributed by atoms with Gasteiger partial charge in [-0.15, -0.1) is 0 Å². The van der Waals surface area contributed by atoms with Crippen molar-refractivity contribution in [3.63, 3.8) is 0 Å². The summed E-state index contributed by atoms with van der Waals surface area (Å²) in [7, 11) is 0. The highest BCUT2D eigenvalue weighted by Crippen LogP contribution is 2.44. The number of hydrogen-bond acceptors (Lipinski definition) is 4. The molecule has 40 heavy (non-hydrogen) atoms. The first-order valence-corrected chi connectivity index (χ1v) is 14.0. The van der Waals surface area contributed by atoms with Gasteiger partial charge in [-0.2, -0.15) is 0 Å². The summed E-state index contributed by atoms with van der Waals surface area (Å²) in [5.74, 6) is 0.969. The van der Waals surface area contributed by atoms with Gasteiger partial charge in [0.1, 0.15) is 5.82 Å². The Morgan fingerprint density at radius 2 is 1.20 bits per heavy atom. The summed E-state index contributed by atoms with van der Waals surface area (Å²) in [4.78, 5) is 13.0. The zero-order chi connectivity index (χ0) is 27.1. The molecular formula is C36H31N3O. The summed E-state index contributed by atoms with van der Waals surface area (Å²) >= 11 is 0. The van der Waals surface area contributed by atoms with Gasteiger partial charge in [0.25, 0.3) is 0 Å². The standard InChI is InChI=1S/C36H31N3O/c1-24-13-15-31-29(21-24)28(26-9-5-3-6-10-26)23-33(37-31)35-34(27-11-7-4-8-12-27)30-22-25(2)14-16-32(30)38-36(35)39-17-19-40-20-18-39/h3-16,21-23H,17-20H2,1-2H3. The van der Waals surface area contributed by atoms with Crippen molar-refractivity contribution in [3.8, 4) is 33.5 Å². The van der Waals surface area contributed by atoms with Crippen molar-refractivity contribution in [1.82, 2.24) is 9.97 Å². The van der Waals surface area contributed by atoms with E-state index in [0.29, 0.717) is 13.2 Å². The Labute approximate surface area is 234 Å². The molecule has 0 amide bonds. The first-order chi connectivity index (χ1) is 19.7. The second kappa shape index (κ2) is 10.2. The Kier molecular flexibility index (Phi) is 6.26. The molecule has 7 rings (SSSR count). The lowest BCUT2D eigenvalue weighted by Crippen LogP contribution is -2.37. The minimum Gasteiger partial charge on any atom is -0.378 e. The van der Waals surface area contributed by atoms with Gasteiger partial charge in [-0.3, -0.25) is 0 Å². The Morgan fingerprint density at radius 1 is 0.600 bits per heavy atom. The van der Waals surface area contributed by atoms with Crippen molar-refractivity contribution < 1.29 is 4.74 Å². The van der Waals surface area contributed by atoms with Crippen LogP contribution >= 0.6 is 0 Å². The molecule has 1 saturated heterocycles. The molecule has 2 aromatic heterocycles. The molecule has 3 heterocycles. The highest BCUT2D eigenvalue weighted by Gasteiger charge is 2.25. The molecule has 0 spiro atoms. The summed E-state index contributed by atoms with van der Waals surface area (Å²) in [5, 5.41) is 2.30. The van der Waals surface area contributed by atoms with Gasteiger partial charge >= 0.3 is 0 Å². The molecular weight excluding hydrogens is 490 g/mol. The average Bonchev–Trinajstić information content (AvgIpc) is 3.01. The molecule has 0 unspecified atom stereocenters. The number of fused-ring (bicyclic) bond motifs is 2. The molecule has 0 atom stereocenters. The number of rotatable bonds is 4. The normalized spacial score (nSPS) is 13.7. The first-order valence-electron chi connectivity index (χ1n) is 14.0. The van der Waals surface area contributed by atoms with Crippen molar-refractivity contribution in [2.45, 2.75) is 13.8 Å². The molecule has 0 radical (unpaired) electrons. The molecule has 0 bridgehead atoms. The van der Waals surface area contributed by atoms with Gasteiger partial charge in [0.15, 0.2) is 0 Å². The van der Waals surface area contributed by atoms with E-state index in [1.54, 1.807) is 0 Å². The van der Waals surface area contributed by atoms with E-state index in [1.807, 2.05) is 0 Å². The van der Waals surface area contributed by atoms with Crippen LogP contribution in [-0.2, 0) is 4.74 Å². The third-order valence-corrected chi connectivity index (χ3v) is 7.80. The van der Waals surface area contributed by atoms with Crippen LogP contribution in [0, 0.1) is 13.8 Å². The Balaban J connectivity index is 1.62. The largest absolute Gasteiger partial charge is 0.378 e. The van der Waals surface area contributed by atoms with E-state index >= 15 is 0 Å². The maximum Gasteiger partial charge on any atom is 0.139 e. The molecule has 6 aromatic rings. The summed E-state index contributed by atoms with van der Waals surface area (Å²) in [6.45, 7) is 7.25. The molecule has 0 aliphatic carbocycles. The van der Waals surface area contributed by atoms with Crippen LogP contribution in [0.1, 0.15) is 11.1 Å². The topological polar surface area (TPSA) is 38.2 Å². The number of ether oxygens (including phenoxy) is 1. The number of pyridine rings is 2. The first kappa shape index (κ1) is 24.5. The molecule has 0 N–H and O–H groups in total. The Morgan fingerprint density at radius 3 is 1.88 bits per heavy atom.